The number of thiol groups is 1. The van der Waals surface area contributed by atoms with Crippen LogP contribution in [0.4, 0.5) is 0 Å². The zero-order valence-corrected chi connectivity index (χ0v) is 19.4. The van der Waals surface area contributed by atoms with Gasteiger partial charge in [0.2, 0.25) is 0 Å². The minimum Gasteiger partial charge on any atom is -0.459 e. The average molecular weight is 488 g/mol. The lowest BCUT2D eigenvalue weighted by Gasteiger charge is -2.13. The number of rotatable bonds is 6. The molecule has 0 aliphatic carbocycles. The number of aromatic nitrogens is 2. The van der Waals surface area contributed by atoms with Crippen LogP contribution in [-0.4, -0.2) is 9.97 Å². The van der Waals surface area contributed by atoms with Crippen LogP contribution in [0.2, 0.25) is 15.1 Å². The van der Waals surface area contributed by atoms with Gasteiger partial charge in [0, 0.05) is 33.1 Å². The lowest BCUT2D eigenvalue weighted by molar-refractivity contribution is 0.281. The van der Waals surface area contributed by atoms with E-state index in [9.17, 15) is 0 Å². The lowest BCUT2D eigenvalue weighted by Crippen LogP contribution is -2.02. The topological polar surface area (TPSA) is 35.0 Å². The van der Waals surface area contributed by atoms with Crippen LogP contribution in [0.1, 0.15) is 11.1 Å². The van der Waals surface area contributed by atoms with Crippen LogP contribution in [-0.2, 0) is 12.4 Å². The van der Waals surface area contributed by atoms with Gasteiger partial charge in [-0.15, -0.1) is 0 Å². The highest BCUT2D eigenvalue weighted by Crippen LogP contribution is 2.36. The third-order valence-corrected chi connectivity index (χ3v) is 5.86. The van der Waals surface area contributed by atoms with Crippen LogP contribution in [0.15, 0.2) is 72.9 Å². The minimum absolute atomic E-state index is 0.261. The minimum atomic E-state index is 0.261. The maximum absolute atomic E-state index is 6.60. The fraction of sp³-hybridized carbons (Fsp3) is 0.0833. The smallest absolute Gasteiger partial charge is 0.317 e. The van der Waals surface area contributed by atoms with Gasteiger partial charge in [0.15, 0.2) is 0 Å². The first-order chi connectivity index (χ1) is 15.0. The molecule has 4 rings (SSSR count). The molecule has 0 bridgehead atoms. The van der Waals surface area contributed by atoms with E-state index in [-0.39, 0.29) is 6.01 Å². The Hall–Kier alpha value is -2.24. The van der Waals surface area contributed by atoms with Gasteiger partial charge in [0.1, 0.15) is 6.61 Å². The third kappa shape index (κ3) is 5.34. The number of benzene rings is 3. The van der Waals surface area contributed by atoms with Crippen LogP contribution >= 0.6 is 47.4 Å². The van der Waals surface area contributed by atoms with Gasteiger partial charge in [-0.2, -0.15) is 17.6 Å². The number of ether oxygens (including phenoxy) is 1. The second kappa shape index (κ2) is 9.92. The maximum Gasteiger partial charge on any atom is 0.317 e. The van der Waals surface area contributed by atoms with Gasteiger partial charge in [0.25, 0.3) is 0 Å². The van der Waals surface area contributed by atoms with Crippen molar-refractivity contribution in [3.63, 3.8) is 0 Å². The molecular formula is C24H17Cl3N2OS. The van der Waals surface area contributed by atoms with Gasteiger partial charge >= 0.3 is 6.01 Å². The van der Waals surface area contributed by atoms with E-state index in [1.54, 1.807) is 6.20 Å². The molecule has 0 saturated heterocycles. The molecule has 3 aromatic carbocycles. The average Bonchev–Trinajstić information content (AvgIpc) is 2.79. The van der Waals surface area contributed by atoms with Crippen molar-refractivity contribution in [2.24, 2.45) is 0 Å². The number of hydrogen-bond donors (Lipinski definition) is 1. The predicted octanol–water partition coefficient (Wildman–Crippen LogP) is 7.78. The Kier molecular flexibility index (Phi) is 7.03. The fourth-order valence-electron chi connectivity index (χ4n) is 3.06. The molecule has 0 aliphatic rings. The molecule has 7 heteroatoms. The molecule has 3 nitrogen and oxygen atoms in total. The van der Waals surface area contributed by atoms with Gasteiger partial charge in [-0.05, 0) is 47.0 Å². The Balaban J connectivity index is 1.73. The van der Waals surface area contributed by atoms with E-state index in [0.717, 1.165) is 27.8 Å². The zero-order valence-electron chi connectivity index (χ0n) is 16.2. The maximum atomic E-state index is 6.60. The van der Waals surface area contributed by atoms with Gasteiger partial charge < -0.3 is 4.74 Å². The first-order valence-electron chi connectivity index (χ1n) is 9.43. The van der Waals surface area contributed by atoms with Crippen molar-refractivity contribution in [2.75, 3.05) is 0 Å². The highest BCUT2D eigenvalue weighted by molar-refractivity contribution is 7.79. The van der Waals surface area contributed by atoms with Crippen molar-refractivity contribution >= 4 is 47.4 Å². The van der Waals surface area contributed by atoms with E-state index in [1.165, 1.54) is 0 Å². The fourth-order valence-corrected chi connectivity index (χ4v) is 3.80. The molecule has 156 valence electrons. The zero-order chi connectivity index (χ0) is 21.8. The van der Waals surface area contributed by atoms with Crippen molar-refractivity contribution in [3.8, 4) is 28.4 Å². The second-order valence-corrected chi connectivity index (χ2v) is 8.41. The van der Waals surface area contributed by atoms with Gasteiger partial charge in [0.05, 0.1) is 10.7 Å². The molecule has 0 amide bonds. The Morgan fingerprint density at radius 3 is 2.06 bits per heavy atom. The van der Waals surface area contributed by atoms with Crippen LogP contribution in [0.25, 0.3) is 22.4 Å². The van der Waals surface area contributed by atoms with Crippen LogP contribution in [0.5, 0.6) is 6.01 Å². The highest BCUT2D eigenvalue weighted by atomic mass is 35.5. The summed E-state index contributed by atoms with van der Waals surface area (Å²) in [6.45, 7) is 0.323. The quantitative estimate of drug-likeness (QED) is 0.282. The molecule has 0 atom stereocenters. The van der Waals surface area contributed by atoms with E-state index in [2.05, 4.69) is 17.6 Å². The Morgan fingerprint density at radius 1 is 0.774 bits per heavy atom. The van der Waals surface area contributed by atoms with Crippen molar-refractivity contribution in [2.45, 2.75) is 12.4 Å². The number of nitrogens with zero attached hydrogens (tertiary/aromatic N) is 2. The van der Waals surface area contributed by atoms with Crippen molar-refractivity contribution in [3.05, 3.63) is 99.1 Å². The molecule has 31 heavy (non-hydrogen) atoms. The Bertz CT molecular complexity index is 1200. The van der Waals surface area contributed by atoms with Crippen molar-refractivity contribution in [1.29, 1.82) is 0 Å². The van der Waals surface area contributed by atoms with Gasteiger partial charge in [-0.1, -0.05) is 71.2 Å². The summed E-state index contributed by atoms with van der Waals surface area (Å²) in [7, 11) is 0. The molecule has 0 fully saturated rings. The lowest BCUT2D eigenvalue weighted by atomic mass is 10.00. The molecule has 1 aromatic heterocycles. The first-order valence-corrected chi connectivity index (χ1v) is 11.2. The van der Waals surface area contributed by atoms with E-state index in [4.69, 9.17) is 44.5 Å². The summed E-state index contributed by atoms with van der Waals surface area (Å²) in [4.78, 5) is 9.11. The van der Waals surface area contributed by atoms with Gasteiger partial charge in [-0.3, -0.25) is 0 Å². The van der Waals surface area contributed by atoms with Gasteiger partial charge in [-0.25, -0.2) is 4.98 Å². The largest absolute Gasteiger partial charge is 0.459 e. The molecule has 4 aromatic rings. The summed E-state index contributed by atoms with van der Waals surface area (Å²) in [6.07, 6.45) is 1.74. The van der Waals surface area contributed by atoms with E-state index in [1.807, 2.05) is 66.7 Å². The molecule has 0 spiro atoms. The molecule has 0 N–H and O–H groups in total. The summed E-state index contributed by atoms with van der Waals surface area (Å²) in [5, 5.41) is 1.92. The normalized spacial score (nSPS) is 10.8. The molecular weight excluding hydrogens is 471 g/mol. The van der Waals surface area contributed by atoms with E-state index in [0.29, 0.717) is 33.1 Å². The molecule has 0 radical (unpaired) electrons. The third-order valence-electron chi connectivity index (χ3n) is 4.67. The monoisotopic (exact) mass is 486 g/mol. The van der Waals surface area contributed by atoms with E-state index >= 15 is 0 Å². The first kappa shape index (κ1) is 22.0. The molecule has 0 unspecified atom stereocenters. The number of halogens is 3. The van der Waals surface area contributed by atoms with Crippen LogP contribution in [0, 0.1) is 0 Å². The summed E-state index contributed by atoms with van der Waals surface area (Å²) >= 11 is 22.9. The molecule has 0 aliphatic heterocycles. The Labute approximate surface area is 201 Å². The van der Waals surface area contributed by atoms with Crippen molar-refractivity contribution < 1.29 is 4.74 Å². The summed E-state index contributed by atoms with van der Waals surface area (Å²) in [5.74, 6) is 0.600. The molecule has 1 heterocycles. The number of hydrogen-bond acceptors (Lipinski definition) is 4. The van der Waals surface area contributed by atoms with Crippen LogP contribution in [0.3, 0.4) is 0 Å². The highest BCUT2D eigenvalue weighted by Gasteiger charge is 2.16. The SMILES string of the molecule is SCc1ccc(-c2nc(OCc3ccc(Cl)cc3)ncc2-c2ccc(Cl)cc2)c(Cl)c1. The second-order valence-electron chi connectivity index (χ2n) is 6.81. The predicted molar refractivity (Wildman–Crippen MR) is 131 cm³/mol. The van der Waals surface area contributed by atoms with Crippen molar-refractivity contribution in [1.82, 2.24) is 9.97 Å². The standard InChI is InChI=1S/C24H17Cl3N2OS/c25-18-6-1-15(2-7-18)13-30-24-28-12-21(17-4-8-19(26)9-5-17)23(29-24)20-10-3-16(14-31)11-22(20)27/h1-12,31H,13-14H2. The van der Waals surface area contributed by atoms with Crippen LogP contribution < -0.4 is 4.74 Å². The van der Waals surface area contributed by atoms with E-state index < -0.39 is 0 Å². The summed E-state index contributed by atoms with van der Waals surface area (Å²) in [6, 6.07) is 21.0. The summed E-state index contributed by atoms with van der Waals surface area (Å²) in [5.41, 5.74) is 5.22. The summed E-state index contributed by atoms with van der Waals surface area (Å²) < 4.78 is 5.85. The Morgan fingerprint density at radius 2 is 1.42 bits per heavy atom. The molecule has 0 saturated carbocycles.